The molecule has 5 heteroatoms. The van der Waals surface area contributed by atoms with Crippen LogP contribution in [-0.2, 0) is 0 Å². The predicted molar refractivity (Wildman–Crippen MR) is 59.1 cm³/mol. The Bertz CT molecular complexity index is 97.4. The van der Waals surface area contributed by atoms with Crippen LogP contribution in [0.5, 0.6) is 0 Å². The van der Waals surface area contributed by atoms with E-state index in [2.05, 4.69) is 10.2 Å². The van der Waals surface area contributed by atoms with Crippen molar-refractivity contribution in [1.29, 1.82) is 0 Å². The molecular weight excluding hydrogens is 184 g/mol. The summed E-state index contributed by atoms with van der Waals surface area (Å²) in [4.78, 5) is 2.51. The van der Waals surface area contributed by atoms with Gasteiger partial charge in [-0.15, -0.1) is 0 Å². The number of nitrogens with two attached hydrogens (primary N) is 1. The van der Waals surface area contributed by atoms with Crippen LogP contribution in [0.2, 0.25) is 0 Å². The molecule has 2 radical (unpaired) electrons. The summed E-state index contributed by atoms with van der Waals surface area (Å²) in [5, 5.41) is 3.34. The summed E-state index contributed by atoms with van der Waals surface area (Å²) in [6, 6.07) is 0. The Morgan fingerprint density at radius 3 is 2.23 bits per heavy atom. The molecule has 1 rings (SSSR count). The number of nitrogens with one attached hydrogen (secondary N) is 1. The van der Waals surface area contributed by atoms with E-state index in [1.165, 1.54) is 32.5 Å². The Kier molecular flexibility index (Phi) is 15.9. The number of nitrogens with zero attached hydrogens (tertiary/aromatic N) is 1. The normalized spacial score (nSPS) is 17.3. The van der Waals surface area contributed by atoms with E-state index in [9.17, 15) is 0 Å². The largest absolute Gasteiger partial charge is 0.330 e. The van der Waals surface area contributed by atoms with Crippen LogP contribution in [0.25, 0.3) is 0 Å². The molecule has 0 unspecified atom stereocenters. The zero-order valence-electron chi connectivity index (χ0n) is 9.18. The average Bonchev–Trinajstić information content (AvgIpc) is 2.07. The quantitative estimate of drug-likeness (QED) is 0.449. The van der Waals surface area contributed by atoms with Crippen molar-refractivity contribution in [3.63, 3.8) is 0 Å². The van der Waals surface area contributed by atoms with E-state index in [4.69, 9.17) is 5.73 Å². The van der Waals surface area contributed by atoms with E-state index in [1.54, 1.807) is 0 Å². The molecule has 0 atom stereocenters. The molecule has 0 aromatic rings. The van der Waals surface area contributed by atoms with Gasteiger partial charge >= 0.3 is 0 Å². The Balaban J connectivity index is 0. The molecule has 1 aliphatic rings. The predicted octanol–water partition coefficient (Wildman–Crippen LogP) is -1.13. The van der Waals surface area contributed by atoms with Gasteiger partial charge in [-0.3, -0.25) is 0 Å². The second-order valence-electron chi connectivity index (χ2n) is 3.09. The first kappa shape index (κ1) is 17.3. The smallest absolute Gasteiger partial charge is 0.0107 e. The van der Waals surface area contributed by atoms with Crippen LogP contribution in [0.15, 0.2) is 0 Å². The zero-order valence-corrected chi connectivity index (χ0v) is 13.2. The third-order valence-corrected chi connectivity index (χ3v) is 2.14. The van der Waals surface area contributed by atoms with Gasteiger partial charge in [0.05, 0.1) is 0 Å². The van der Waals surface area contributed by atoms with Crippen LogP contribution in [0, 0.1) is 0 Å². The summed E-state index contributed by atoms with van der Waals surface area (Å²) in [6.45, 7) is 6.81. The fraction of sp³-hybridized carbons (Fsp3) is 1.00. The zero-order chi connectivity index (χ0) is 7.94. The van der Waals surface area contributed by atoms with Gasteiger partial charge in [0.25, 0.3) is 0 Å². The number of piperazine rings is 1. The van der Waals surface area contributed by atoms with Crippen molar-refractivity contribution in [2.24, 2.45) is 5.73 Å². The first-order valence-corrected chi connectivity index (χ1v) is 4.56. The SMILES string of the molecule is NCCCCN1CCNCC1.[Na].[Na]. The molecule has 1 aliphatic heterocycles. The maximum Gasteiger partial charge on any atom is 0.0107 e. The van der Waals surface area contributed by atoms with Crippen molar-refractivity contribution in [2.45, 2.75) is 12.8 Å². The third-order valence-electron chi connectivity index (χ3n) is 2.14. The molecule has 0 aromatic carbocycles. The molecule has 0 saturated carbocycles. The fourth-order valence-corrected chi connectivity index (χ4v) is 1.41. The van der Waals surface area contributed by atoms with Crippen molar-refractivity contribution in [1.82, 2.24) is 10.2 Å². The molecule has 1 saturated heterocycles. The van der Waals surface area contributed by atoms with Crippen LogP contribution in [-0.4, -0.2) is 103 Å². The molecule has 0 spiro atoms. The molecule has 3 nitrogen and oxygen atoms in total. The summed E-state index contributed by atoms with van der Waals surface area (Å²) in [6.07, 6.45) is 2.43. The second-order valence-corrected chi connectivity index (χ2v) is 3.09. The van der Waals surface area contributed by atoms with Gasteiger partial charge in [-0.1, -0.05) is 0 Å². The Labute approximate surface area is 126 Å². The summed E-state index contributed by atoms with van der Waals surface area (Å²) in [5.41, 5.74) is 5.41. The molecule has 3 N–H and O–H groups in total. The summed E-state index contributed by atoms with van der Waals surface area (Å²) in [7, 11) is 0. The van der Waals surface area contributed by atoms with E-state index in [1.807, 2.05) is 0 Å². The fourth-order valence-electron chi connectivity index (χ4n) is 1.41. The van der Waals surface area contributed by atoms with Crippen molar-refractivity contribution >= 4 is 59.1 Å². The molecule has 68 valence electrons. The van der Waals surface area contributed by atoms with Crippen molar-refractivity contribution in [3.05, 3.63) is 0 Å². The van der Waals surface area contributed by atoms with Gasteiger partial charge in [-0.05, 0) is 25.9 Å². The van der Waals surface area contributed by atoms with Gasteiger partial charge in [-0.25, -0.2) is 0 Å². The molecule has 0 aliphatic carbocycles. The van der Waals surface area contributed by atoms with Gasteiger partial charge in [0.2, 0.25) is 0 Å². The first-order valence-electron chi connectivity index (χ1n) is 4.56. The van der Waals surface area contributed by atoms with E-state index in [0.29, 0.717) is 0 Å². The number of hydrogen-bond donors (Lipinski definition) is 2. The van der Waals surface area contributed by atoms with Crippen LogP contribution < -0.4 is 11.1 Å². The Hall–Kier alpha value is 1.88. The standard InChI is InChI=1S/C8H19N3.2Na/c9-3-1-2-6-11-7-4-10-5-8-11;;/h10H,1-9H2;;. The van der Waals surface area contributed by atoms with E-state index < -0.39 is 0 Å². The Morgan fingerprint density at radius 1 is 1.08 bits per heavy atom. The van der Waals surface area contributed by atoms with Crippen LogP contribution in [0.1, 0.15) is 12.8 Å². The van der Waals surface area contributed by atoms with Crippen LogP contribution in [0.3, 0.4) is 0 Å². The minimum atomic E-state index is 0. The van der Waals surface area contributed by atoms with Crippen molar-refractivity contribution in [3.8, 4) is 0 Å². The molecule has 1 heterocycles. The van der Waals surface area contributed by atoms with E-state index in [-0.39, 0.29) is 59.1 Å². The summed E-state index contributed by atoms with van der Waals surface area (Å²) in [5.74, 6) is 0. The molecular formula is C8H19N3Na2. The number of rotatable bonds is 4. The maximum absolute atomic E-state index is 5.41. The van der Waals surface area contributed by atoms with E-state index in [0.717, 1.165) is 19.6 Å². The average molecular weight is 203 g/mol. The molecule has 1 fully saturated rings. The minimum absolute atomic E-state index is 0. The Morgan fingerprint density at radius 2 is 1.69 bits per heavy atom. The van der Waals surface area contributed by atoms with Crippen LogP contribution in [0.4, 0.5) is 0 Å². The van der Waals surface area contributed by atoms with Gasteiger partial charge in [0.1, 0.15) is 0 Å². The van der Waals surface area contributed by atoms with Gasteiger partial charge < -0.3 is 16.0 Å². The van der Waals surface area contributed by atoms with Crippen LogP contribution >= 0.6 is 0 Å². The van der Waals surface area contributed by atoms with E-state index >= 15 is 0 Å². The molecule has 0 aromatic heterocycles. The van der Waals surface area contributed by atoms with Gasteiger partial charge in [0, 0.05) is 85.3 Å². The summed E-state index contributed by atoms with van der Waals surface area (Å²) >= 11 is 0. The first-order chi connectivity index (χ1) is 5.43. The second kappa shape index (κ2) is 12.0. The maximum atomic E-state index is 5.41. The summed E-state index contributed by atoms with van der Waals surface area (Å²) < 4.78 is 0. The minimum Gasteiger partial charge on any atom is -0.330 e. The van der Waals surface area contributed by atoms with Gasteiger partial charge in [-0.2, -0.15) is 0 Å². The van der Waals surface area contributed by atoms with Gasteiger partial charge in [0.15, 0.2) is 0 Å². The van der Waals surface area contributed by atoms with Crippen molar-refractivity contribution in [2.75, 3.05) is 39.3 Å². The number of hydrogen-bond acceptors (Lipinski definition) is 3. The number of unbranched alkanes of at least 4 members (excludes halogenated alkanes) is 1. The third kappa shape index (κ3) is 8.85. The molecule has 13 heavy (non-hydrogen) atoms. The van der Waals surface area contributed by atoms with Crippen molar-refractivity contribution < 1.29 is 0 Å². The molecule has 0 amide bonds. The molecule has 0 bridgehead atoms. The monoisotopic (exact) mass is 203 g/mol. The topological polar surface area (TPSA) is 41.3 Å².